The number of imide groups is 1. The van der Waals surface area contributed by atoms with Gasteiger partial charge in [-0.2, -0.15) is 0 Å². The molecule has 0 unspecified atom stereocenters. The first-order valence-electron chi connectivity index (χ1n) is 7.36. The summed E-state index contributed by atoms with van der Waals surface area (Å²) >= 11 is 0. The van der Waals surface area contributed by atoms with E-state index in [0.29, 0.717) is 5.76 Å². The normalized spacial score (nSPS) is 14.4. The molecule has 2 aromatic rings. The molecule has 9 nitrogen and oxygen atoms in total. The molecule has 1 atom stereocenters. The Morgan fingerprint density at radius 3 is 2.64 bits per heavy atom. The molecule has 25 heavy (non-hydrogen) atoms. The van der Waals surface area contributed by atoms with E-state index < -0.39 is 35.2 Å². The fourth-order valence-corrected chi connectivity index (χ4v) is 2.58. The number of non-ortho nitro benzene ring substituents is 1. The van der Waals surface area contributed by atoms with Crippen LogP contribution in [0.4, 0.5) is 5.69 Å². The maximum atomic E-state index is 12.3. The van der Waals surface area contributed by atoms with Gasteiger partial charge in [-0.15, -0.1) is 0 Å². The molecule has 0 fully saturated rings. The van der Waals surface area contributed by atoms with Gasteiger partial charge >= 0.3 is 0 Å². The minimum Gasteiger partial charge on any atom is -0.467 e. The van der Waals surface area contributed by atoms with Crippen LogP contribution < -0.4 is 5.32 Å². The summed E-state index contributed by atoms with van der Waals surface area (Å²) in [5, 5.41) is 13.4. The van der Waals surface area contributed by atoms with Crippen LogP contribution in [0.5, 0.6) is 0 Å². The zero-order valence-corrected chi connectivity index (χ0v) is 13.1. The van der Waals surface area contributed by atoms with Gasteiger partial charge in [0.1, 0.15) is 12.3 Å². The fraction of sp³-hybridized carbons (Fsp3) is 0.188. The van der Waals surface area contributed by atoms with Gasteiger partial charge < -0.3 is 9.73 Å². The second-order valence-electron chi connectivity index (χ2n) is 5.49. The third kappa shape index (κ3) is 2.99. The van der Waals surface area contributed by atoms with Crippen LogP contribution in [0.25, 0.3) is 0 Å². The van der Waals surface area contributed by atoms with Crippen molar-refractivity contribution in [1.29, 1.82) is 0 Å². The van der Waals surface area contributed by atoms with Crippen LogP contribution in [-0.2, 0) is 4.79 Å². The Kier molecular flexibility index (Phi) is 4.05. The molecular weight excluding hydrogens is 330 g/mol. The van der Waals surface area contributed by atoms with Gasteiger partial charge in [0.2, 0.25) is 5.91 Å². The molecule has 3 rings (SSSR count). The lowest BCUT2D eigenvalue weighted by Crippen LogP contribution is -2.41. The van der Waals surface area contributed by atoms with E-state index in [-0.39, 0.29) is 16.8 Å². The number of rotatable bonds is 5. The van der Waals surface area contributed by atoms with E-state index in [1.807, 2.05) is 0 Å². The van der Waals surface area contributed by atoms with Crippen molar-refractivity contribution in [2.45, 2.75) is 13.0 Å². The topological polar surface area (TPSA) is 123 Å². The van der Waals surface area contributed by atoms with Crippen LogP contribution in [0.1, 0.15) is 39.4 Å². The number of nitrogens with zero attached hydrogens (tertiary/aromatic N) is 2. The molecule has 0 saturated heterocycles. The Hall–Kier alpha value is -3.49. The SMILES string of the molecule is C[C@H](NC(=O)CN1C(=O)c2ccc([N+](=O)[O-])cc2C1=O)c1ccco1. The summed E-state index contributed by atoms with van der Waals surface area (Å²) in [6.07, 6.45) is 1.47. The van der Waals surface area contributed by atoms with E-state index in [4.69, 9.17) is 4.42 Å². The average molecular weight is 343 g/mol. The molecule has 2 heterocycles. The van der Waals surface area contributed by atoms with E-state index in [0.717, 1.165) is 17.0 Å². The number of benzene rings is 1. The van der Waals surface area contributed by atoms with Crippen molar-refractivity contribution in [1.82, 2.24) is 10.2 Å². The summed E-state index contributed by atoms with van der Waals surface area (Å²) in [5.41, 5.74) is -0.328. The molecule has 0 aliphatic carbocycles. The predicted octanol–water partition coefficient (Wildman–Crippen LogP) is 1.66. The molecule has 1 aromatic carbocycles. The number of amides is 3. The monoisotopic (exact) mass is 343 g/mol. The lowest BCUT2D eigenvalue weighted by atomic mass is 10.1. The summed E-state index contributed by atoms with van der Waals surface area (Å²) in [6, 6.07) is 6.34. The molecule has 9 heteroatoms. The zero-order chi connectivity index (χ0) is 18.1. The third-order valence-corrected chi connectivity index (χ3v) is 3.81. The number of fused-ring (bicyclic) bond motifs is 1. The van der Waals surface area contributed by atoms with Crippen molar-refractivity contribution in [3.63, 3.8) is 0 Å². The number of hydrogen-bond acceptors (Lipinski definition) is 6. The third-order valence-electron chi connectivity index (χ3n) is 3.81. The fourth-order valence-electron chi connectivity index (χ4n) is 2.58. The molecule has 1 aliphatic rings. The molecule has 1 aromatic heterocycles. The first kappa shape index (κ1) is 16.4. The predicted molar refractivity (Wildman–Crippen MR) is 83.7 cm³/mol. The molecule has 0 bridgehead atoms. The van der Waals surface area contributed by atoms with E-state index in [2.05, 4.69) is 5.32 Å². The lowest BCUT2D eigenvalue weighted by Gasteiger charge is -2.16. The van der Waals surface area contributed by atoms with E-state index in [9.17, 15) is 24.5 Å². The van der Waals surface area contributed by atoms with Crippen molar-refractivity contribution in [3.8, 4) is 0 Å². The number of carbonyl (C=O) groups excluding carboxylic acids is 3. The molecule has 1 N–H and O–H groups in total. The van der Waals surface area contributed by atoms with Gasteiger partial charge in [0.15, 0.2) is 0 Å². The number of nitro benzene ring substituents is 1. The smallest absolute Gasteiger partial charge is 0.270 e. The van der Waals surface area contributed by atoms with E-state index in [1.165, 1.54) is 12.3 Å². The zero-order valence-electron chi connectivity index (χ0n) is 13.1. The van der Waals surface area contributed by atoms with Crippen LogP contribution in [0.2, 0.25) is 0 Å². The maximum absolute atomic E-state index is 12.3. The van der Waals surface area contributed by atoms with Gasteiger partial charge in [-0.25, -0.2) is 0 Å². The molecule has 3 amide bonds. The van der Waals surface area contributed by atoms with Crippen LogP contribution >= 0.6 is 0 Å². The molecule has 0 radical (unpaired) electrons. The van der Waals surface area contributed by atoms with Crippen molar-refractivity contribution >= 4 is 23.4 Å². The van der Waals surface area contributed by atoms with E-state index in [1.54, 1.807) is 19.1 Å². The standard InChI is InChI=1S/C16H13N3O6/c1-9(13-3-2-6-25-13)17-14(20)8-18-15(21)11-5-4-10(19(23)24)7-12(11)16(18)22/h2-7,9H,8H2,1H3,(H,17,20)/t9-/m0/s1. The highest BCUT2D eigenvalue weighted by Crippen LogP contribution is 2.26. The first-order valence-corrected chi connectivity index (χ1v) is 7.36. The Bertz CT molecular complexity index is 874. The van der Waals surface area contributed by atoms with Gasteiger partial charge in [0, 0.05) is 12.1 Å². The number of carbonyl (C=O) groups is 3. The summed E-state index contributed by atoms with van der Waals surface area (Å²) in [6.45, 7) is 1.22. The minimum atomic E-state index is -0.732. The Labute approximate surface area is 141 Å². The molecule has 1 aliphatic heterocycles. The maximum Gasteiger partial charge on any atom is 0.270 e. The van der Waals surface area contributed by atoms with Crippen LogP contribution in [0.15, 0.2) is 41.0 Å². The summed E-state index contributed by atoms with van der Waals surface area (Å²) in [5.74, 6) is -1.40. The largest absolute Gasteiger partial charge is 0.467 e. The van der Waals surface area contributed by atoms with E-state index >= 15 is 0 Å². The van der Waals surface area contributed by atoms with Crippen LogP contribution in [0, 0.1) is 10.1 Å². The molecule has 128 valence electrons. The summed E-state index contributed by atoms with van der Waals surface area (Å²) in [4.78, 5) is 47.6. The highest BCUT2D eigenvalue weighted by Gasteiger charge is 2.38. The van der Waals surface area contributed by atoms with Crippen molar-refractivity contribution < 1.29 is 23.7 Å². The minimum absolute atomic E-state index is 0.0440. The van der Waals surface area contributed by atoms with Crippen molar-refractivity contribution in [2.24, 2.45) is 0 Å². The molecule has 0 spiro atoms. The van der Waals surface area contributed by atoms with Crippen LogP contribution in [0.3, 0.4) is 0 Å². The molecular formula is C16H13N3O6. The van der Waals surface area contributed by atoms with Gasteiger partial charge in [0.25, 0.3) is 17.5 Å². The highest BCUT2D eigenvalue weighted by molar-refractivity contribution is 6.22. The second-order valence-corrected chi connectivity index (χ2v) is 5.49. The van der Waals surface area contributed by atoms with Crippen molar-refractivity contribution in [2.75, 3.05) is 6.54 Å². The van der Waals surface area contributed by atoms with Gasteiger partial charge in [-0.05, 0) is 25.1 Å². The van der Waals surface area contributed by atoms with Crippen molar-refractivity contribution in [3.05, 3.63) is 63.6 Å². The first-order chi connectivity index (χ1) is 11.9. The van der Waals surface area contributed by atoms with Gasteiger partial charge in [-0.1, -0.05) is 0 Å². The summed E-state index contributed by atoms with van der Waals surface area (Å²) < 4.78 is 5.17. The quantitative estimate of drug-likeness (QED) is 0.500. The van der Waals surface area contributed by atoms with Crippen LogP contribution in [-0.4, -0.2) is 34.1 Å². The average Bonchev–Trinajstić information content (AvgIpc) is 3.18. The van der Waals surface area contributed by atoms with Gasteiger partial charge in [-0.3, -0.25) is 29.4 Å². The Balaban J connectivity index is 1.73. The molecule has 0 saturated carbocycles. The number of hydrogen-bond donors (Lipinski definition) is 1. The number of nitrogens with one attached hydrogen (secondary N) is 1. The van der Waals surface area contributed by atoms with Gasteiger partial charge in [0.05, 0.1) is 28.4 Å². The summed E-state index contributed by atoms with van der Waals surface area (Å²) in [7, 11) is 0. The number of nitro groups is 1. The highest BCUT2D eigenvalue weighted by atomic mass is 16.6. The Morgan fingerprint density at radius 1 is 1.28 bits per heavy atom. The Morgan fingerprint density at radius 2 is 2.00 bits per heavy atom. The number of furan rings is 1. The second kappa shape index (κ2) is 6.19. The lowest BCUT2D eigenvalue weighted by molar-refractivity contribution is -0.384.